The molecule has 1 aromatic heterocycles. The summed E-state index contributed by atoms with van der Waals surface area (Å²) in [4.78, 5) is 8.20. The zero-order valence-electron chi connectivity index (χ0n) is 9.73. The van der Waals surface area contributed by atoms with E-state index in [9.17, 15) is 0 Å². The molecule has 1 atom stereocenters. The molecule has 0 bridgehead atoms. The number of hydrogen-bond donors (Lipinski definition) is 2. The highest BCUT2D eigenvalue weighted by molar-refractivity contribution is 5.53. The van der Waals surface area contributed by atoms with Crippen LogP contribution in [-0.2, 0) is 4.74 Å². The monoisotopic (exact) mass is 233 g/mol. The van der Waals surface area contributed by atoms with Crippen LogP contribution in [0.4, 0.5) is 11.8 Å². The van der Waals surface area contributed by atoms with Crippen LogP contribution in [0.3, 0.4) is 0 Å². The number of rotatable bonds is 4. The molecule has 0 aromatic carbocycles. The molecule has 1 saturated heterocycles. The molecule has 2 heterocycles. The van der Waals surface area contributed by atoms with Crippen LogP contribution in [0.5, 0.6) is 0 Å². The van der Waals surface area contributed by atoms with Gasteiger partial charge in [0.2, 0.25) is 5.95 Å². The first-order valence-corrected chi connectivity index (χ1v) is 5.64. The van der Waals surface area contributed by atoms with Gasteiger partial charge in [-0.1, -0.05) is 0 Å². The minimum atomic E-state index is 0.217. The van der Waals surface area contributed by atoms with Crippen LogP contribution in [-0.4, -0.2) is 36.3 Å². The van der Waals surface area contributed by atoms with Gasteiger partial charge < -0.3 is 15.4 Å². The average Bonchev–Trinajstić information content (AvgIpc) is 2.89. The maximum Gasteiger partial charge on any atom is 0.224 e. The quantitative estimate of drug-likeness (QED) is 0.806. The molecule has 1 fully saturated rings. The van der Waals surface area contributed by atoms with Crippen LogP contribution < -0.4 is 10.6 Å². The number of nitrogens with zero attached hydrogens (tertiary/aromatic N) is 3. The van der Waals surface area contributed by atoms with Crippen LogP contribution in [0.1, 0.15) is 18.4 Å². The first-order chi connectivity index (χ1) is 8.33. The maximum absolute atomic E-state index is 8.95. The molecule has 0 spiro atoms. The normalized spacial score (nSPS) is 18.7. The lowest BCUT2D eigenvalue weighted by Crippen LogP contribution is -2.20. The Hall–Kier alpha value is -1.87. The van der Waals surface area contributed by atoms with Crippen LogP contribution in [0.25, 0.3) is 0 Å². The van der Waals surface area contributed by atoms with Gasteiger partial charge in [0.15, 0.2) is 0 Å². The number of ether oxygens (including phenoxy) is 1. The SMILES string of the molecule is CNc1ncc(C#N)c(NCC2CCCO2)n1. The van der Waals surface area contributed by atoms with E-state index in [-0.39, 0.29) is 6.10 Å². The van der Waals surface area contributed by atoms with Gasteiger partial charge in [-0.05, 0) is 12.8 Å². The van der Waals surface area contributed by atoms with Crippen molar-refractivity contribution >= 4 is 11.8 Å². The molecule has 6 nitrogen and oxygen atoms in total. The molecule has 17 heavy (non-hydrogen) atoms. The molecule has 0 amide bonds. The van der Waals surface area contributed by atoms with Crippen LogP contribution in [0.2, 0.25) is 0 Å². The zero-order valence-corrected chi connectivity index (χ0v) is 9.73. The van der Waals surface area contributed by atoms with Gasteiger partial charge in [-0.15, -0.1) is 0 Å². The molecule has 1 aromatic rings. The molecule has 2 N–H and O–H groups in total. The van der Waals surface area contributed by atoms with Crippen LogP contribution in [0.15, 0.2) is 6.20 Å². The van der Waals surface area contributed by atoms with E-state index in [0.717, 1.165) is 19.4 Å². The third-order valence-electron chi connectivity index (χ3n) is 2.65. The van der Waals surface area contributed by atoms with Gasteiger partial charge in [0.05, 0.1) is 12.3 Å². The summed E-state index contributed by atoms with van der Waals surface area (Å²) in [6.45, 7) is 1.50. The fourth-order valence-corrected chi connectivity index (χ4v) is 1.73. The number of anilines is 2. The molecule has 0 aliphatic carbocycles. The van der Waals surface area contributed by atoms with Crippen molar-refractivity contribution in [3.63, 3.8) is 0 Å². The number of hydrogen-bond acceptors (Lipinski definition) is 6. The Morgan fingerprint density at radius 2 is 2.53 bits per heavy atom. The summed E-state index contributed by atoms with van der Waals surface area (Å²) in [6.07, 6.45) is 3.88. The molecule has 1 aliphatic heterocycles. The third-order valence-corrected chi connectivity index (χ3v) is 2.65. The second kappa shape index (κ2) is 5.46. The number of nitriles is 1. The summed E-state index contributed by atoms with van der Waals surface area (Å²) < 4.78 is 5.50. The van der Waals surface area contributed by atoms with Crippen molar-refractivity contribution < 1.29 is 4.74 Å². The highest BCUT2D eigenvalue weighted by Gasteiger charge is 2.16. The number of nitrogens with one attached hydrogen (secondary N) is 2. The fraction of sp³-hybridized carbons (Fsp3) is 0.545. The van der Waals surface area contributed by atoms with Gasteiger partial charge in [-0.3, -0.25) is 0 Å². The van der Waals surface area contributed by atoms with Gasteiger partial charge in [0.1, 0.15) is 17.5 Å². The largest absolute Gasteiger partial charge is 0.376 e. The second-order valence-corrected chi connectivity index (χ2v) is 3.83. The Balaban J connectivity index is 2.04. The van der Waals surface area contributed by atoms with E-state index >= 15 is 0 Å². The summed E-state index contributed by atoms with van der Waals surface area (Å²) >= 11 is 0. The summed E-state index contributed by atoms with van der Waals surface area (Å²) in [6, 6.07) is 2.07. The van der Waals surface area contributed by atoms with Crippen molar-refractivity contribution in [3.8, 4) is 6.07 Å². The van der Waals surface area contributed by atoms with Crippen LogP contribution >= 0.6 is 0 Å². The predicted molar refractivity (Wildman–Crippen MR) is 63.8 cm³/mol. The van der Waals surface area contributed by atoms with E-state index in [4.69, 9.17) is 10.00 Å². The van der Waals surface area contributed by atoms with E-state index in [1.54, 1.807) is 7.05 Å². The van der Waals surface area contributed by atoms with E-state index in [2.05, 4.69) is 26.7 Å². The Labute approximate surface area is 100 Å². The maximum atomic E-state index is 8.95. The molecule has 6 heteroatoms. The smallest absolute Gasteiger partial charge is 0.224 e. The molecule has 0 saturated carbocycles. The first kappa shape index (κ1) is 11.6. The lowest BCUT2D eigenvalue weighted by atomic mass is 10.2. The summed E-state index contributed by atoms with van der Waals surface area (Å²) in [7, 11) is 1.74. The highest BCUT2D eigenvalue weighted by Crippen LogP contribution is 2.16. The lowest BCUT2D eigenvalue weighted by Gasteiger charge is -2.12. The zero-order chi connectivity index (χ0) is 12.1. The Morgan fingerprint density at radius 3 is 3.18 bits per heavy atom. The Bertz CT molecular complexity index is 422. The van der Waals surface area contributed by atoms with Gasteiger partial charge in [-0.2, -0.15) is 10.2 Å². The average molecular weight is 233 g/mol. The Kier molecular flexibility index (Phi) is 3.73. The van der Waals surface area contributed by atoms with E-state index < -0.39 is 0 Å². The van der Waals surface area contributed by atoms with E-state index in [0.29, 0.717) is 23.9 Å². The molecule has 90 valence electrons. The van der Waals surface area contributed by atoms with Crippen molar-refractivity contribution in [2.75, 3.05) is 30.8 Å². The molecule has 1 unspecified atom stereocenters. The lowest BCUT2D eigenvalue weighted by molar-refractivity contribution is 0.120. The number of aromatic nitrogens is 2. The fourth-order valence-electron chi connectivity index (χ4n) is 1.73. The minimum Gasteiger partial charge on any atom is -0.376 e. The summed E-state index contributed by atoms with van der Waals surface area (Å²) in [5.41, 5.74) is 0.446. The highest BCUT2D eigenvalue weighted by atomic mass is 16.5. The van der Waals surface area contributed by atoms with Crippen LogP contribution in [0, 0.1) is 11.3 Å². The van der Waals surface area contributed by atoms with Crippen molar-refractivity contribution in [2.24, 2.45) is 0 Å². The molecule has 2 rings (SSSR count). The van der Waals surface area contributed by atoms with Crippen molar-refractivity contribution in [2.45, 2.75) is 18.9 Å². The van der Waals surface area contributed by atoms with Crippen molar-refractivity contribution in [1.29, 1.82) is 5.26 Å². The van der Waals surface area contributed by atoms with Crippen molar-refractivity contribution in [1.82, 2.24) is 9.97 Å². The van der Waals surface area contributed by atoms with E-state index in [1.165, 1.54) is 6.20 Å². The first-order valence-electron chi connectivity index (χ1n) is 5.64. The molecule has 0 radical (unpaired) electrons. The predicted octanol–water partition coefficient (Wildman–Crippen LogP) is 0.981. The van der Waals surface area contributed by atoms with Gasteiger partial charge >= 0.3 is 0 Å². The summed E-state index contributed by atoms with van der Waals surface area (Å²) in [5.74, 6) is 1.06. The minimum absolute atomic E-state index is 0.217. The van der Waals surface area contributed by atoms with Crippen molar-refractivity contribution in [3.05, 3.63) is 11.8 Å². The summed E-state index contributed by atoms with van der Waals surface area (Å²) in [5, 5.41) is 14.9. The Morgan fingerprint density at radius 1 is 1.65 bits per heavy atom. The van der Waals surface area contributed by atoms with E-state index in [1.807, 2.05) is 0 Å². The van der Waals surface area contributed by atoms with Gasteiger partial charge in [0.25, 0.3) is 0 Å². The van der Waals surface area contributed by atoms with Gasteiger partial charge in [-0.25, -0.2) is 4.98 Å². The molecular weight excluding hydrogens is 218 g/mol. The third kappa shape index (κ3) is 2.82. The molecule has 1 aliphatic rings. The second-order valence-electron chi connectivity index (χ2n) is 3.83. The molecular formula is C11H15N5O. The van der Waals surface area contributed by atoms with Gasteiger partial charge in [0, 0.05) is 20.2 Å². The standard InChI is InChI=1S/C11H15N5O/c1-13-11-15-6-8(5-12)10(16-11)14-7-9-3-2-4-17-9/h6,9H,2-4,7H2,1H3,(H2,13,14,15,16). The topological polar surface area (TPSA) is 82.9 Å².